The second-order valence-electron chi connectivity index (χ2n) is 7.36. The molecule has 0 bridgehead atoms. The van der Waals surface area contributed by atoms with Crippen molar-refractivity contribution in [2.24, 2.45) is 0 Å². The molecule has 160 valence electrons. The molecule has 3 rings (SSSR count). The van der Waals surface area contributed by atoms with Crippen LogP contribution in [0.5, 0.6) is 11.5 Å². The first-order chi connectivity index (χ1) is 14.6. The Balaban J connectivity index is 1.55. The van der Waals surface area contributed by atoms with Crippen LogP contribution in [-0.2, 0) is 9.53 Å². The Labute approximate surface area is 177 Å². The van der Waals surface area contributed by atoms with Crippen LogP contribution in [-0.4, -0.2) is 30.7 Å². The molecule has 6 nitrogen and oxygen atoms in total. The molecule has 1 atom stereocenters. The molecule has 1 saturated carbocycles. The van der Waals surface area contributed by atoms with Crippen LogP contribution in [0.3, 0.4) is 0 Å². The van der Waals surface area contributed by atoms with Crippen LogP contribution in [0.4, 0.5) is 5.69 Å². The Morgan fingerprint density at radius 3 is 2.43 bits per heavy atom. The van der Waals surface area contributed by atoms with Crippen molar-refractivity contribution in [2.45, 2.75) is 58.2 Å². The fraction of sp³-hybridized carbons (Fsp3) is 0.417. The number of benzene rings is 2. The lowest BCUT2D eigenvalue weighted by Crippen LogP contribution is -2.31. The molecule has 0 aliphatic heterocycles. The summed E-state index contributed by atoms with van der Waals surface area (Å²) in [7, 11) is 0. The lowest BCUT2D eigenvalue weighted by Gasteiger charge is -2.23. The molecule has 0 radical (unpaired) electrons. The van der Waals surface area contributed by atoms with Gasteiger partial charge in [0.2, 0.25) is 0 Å². The van der Waals surface area contributed by atoms with Gasteiger partial charge in [-0.2, -0.15) is 0 Å². The Hall–Kier alpha value is -3.02. The Kier molecular flexibility index (Phi) is 7.71. The lowest BCUT2D eigenvalue weighted by atomic mass is 9.98. The number of amides is 1. The number of carbonyl (C=O) groups is 2. The van der Waals surface area contributed by atoms with E-state index < -0.39 is 6.10 Å². The van der Waals surface area contributed by atoms with Gasteiger partial charge in [0.25, 0.3) is 5.91 Å². The number of rotatable bonds is 8. The number of ether oxygens (including phenoxy) is 3. The minimum Gasteiger partial charge on any atom is -0.492 e. The largest absolute Gasteiger partial charge is 0.492 e. The molecule has 0 unspecified atom stereocenters. The van der Waals surface area contributed by atoms with Gasteiger partial charge in [-0.1, -0.05) is 18.6 Å². The van der Waals surface area contributed by atoms with Gasteiger partial charge in [-0.25, -0.2) is 4.79 Å². The van der Waals surface area contributed by atoms with Crippen molar-refractivity contribution >= 4 is 17.6 Å². The van der Waals surface area contributed by atoms with E-state index in [9.17, 15) is 9.59 Å². The summed E-state index contributed by atoms with van der Waals surface area (Å²) in [5, 5.41) is 2.86. The fourth-order valence-corrected chi connectivity index (χ4v) is 3.43. The van der Waals surface area contributed by atoms with Gasteiger partial charge in [0.05, 0.1) is 12.3 Å². The molecule has 0 spiro atoms. The van der Waals surface area contributed by atoms with E-state index in [1.54, 1.807) is 37.3 Å². The van der Waals surface area contributed by atoms with Crippen molar-refractivity contribution in [3.05, 3.63) is 54.1 Å². The van der Waals surface area contributed by atoms with Crippen LogP contribution in [0, 0.1) is 0 Å². The summed E-state index contributed by atoms with van der Waals surface area (Å²) < 4.78 is 16.8. The molecule has 1 N–H and O–H groups in total. The standard InChI is InChI=1S/C24H29NO5/c1-3-28-22-12-8-7-11-21(22)25-23(26)18-13-15-20(16-14-18)29-17(2)24(27)30-19-9-5-4-6-10-19/h7-8,11-17,19H,3-6,9-10H2,1-2H3,(H,25,26)/t17-/m0/s1. The third kappa shape index (κ3) is 5.99. The third-order valence-electron chi connectivity index (χ3n) is 5.03. The third-order valence-corrected chi connectivity index (χ3v) is 5.03. The minimum absolute atomic E-state index is 0.00272. The predicted molar refractivity (Wildman–Crippen MR) is 115 cm³/mol. The fourth-order valence-electron chi connectivity index (χ4n) is 3.43. The zero-order chi connectivity index (χ0) is 21.3. The normalized spacial score (nSPS) is 15.1. The molecule has 2 aromatic carbocycles. The van der Waals surface area contributed by atoms with E-state index in [1.807, 2.05) is 25.1 Å². The van der Waals surface area contributed by atoms with Gasteiger partial charge in [0.1, 0.15) is 17.6 Å². The number of anilines is 1. The van der Waals surface area contributed by atoms with Crippen LogP contribution in [0.1, 0.15) is 56.3 Å². The summed E-state index contributed by atoms with van der Waals surface area (Å²) in [5.41, 5.74) is 1.09. The maximum atomic E-state index is 12.6. The number of esters is 1. The predicted octanol–water partition coefficient (Wildman–Crippen LogP) is 4.98. The summed E-state index contributed by atoms with van der Waals surface area (Å²) in [5.74, 6) is 0.530. The molecule has 30 heavy (non-hydrogen) atoms. The number of carbonyl (C=O) groups excluding carboxylic acids is 2. The first-order valence-electron chi connectivity index (χ1n) is 10.6. The van der Waals surface area contributed by atoms with Crippen LogP contribution in [0.2, 0.25) is 0 Å². The van der Waals surface area contributed by atoms with Crippen LogP contribution in [0.15, 0.2) is 48.5 Å². The molecule has 1 amide bonds. The highest BCUT2D eigenvalue weighted by Crippen LogP contribution is 2.25. The van der Waals surface area contributed by atoms with Crippen molar-refractivity contribution in [2.75, 3.05) is 11.9 Å². The zero-order valence-electron chi connectivity index (χ0n) is 17.6. The van der Waals surface area contributed by atoms with Gasteiger partial charge >= 0.3 is 5.97 Å². The molecular weight excluding hydrogens is 382 g/mol. The highest BCUT2D eigenvalue weighted by atomic mass is 16.6. The van der Waals surface area contributed by atoms with E-state index >= 15 is 0 Å². The SMILES string of the molecule is CCOc1ccccc1NC(=O)c1ccc(O[C@@H](C)C(=O)OC2CCCCC2)cc1. The highest BCUT2D eigenvalue weighted by molar-refractivity contribution is 6.05. The molecule has 1 aliphatic rings. The minimum atomic E-state index is -0.704. The average Bonchev–Trinajstić information content (AvgIpc) is 2.76. The van der Waals surface area contributed by atoms with E-state index in [4.69, 9.17) is 14.2 Å². The van der Waals surface area contributed by atoms with E-state index in [1.165, 1.54) is 6.42 Å². The second kappa shape index (κ2) is 10.7. The van der Waals surface area contributed by atoms with Crippen molar-refractivity contribution in [1.29, 1.82) is 0 Å². The van der Waals surface area contributed by atoms with Gasteiger partial charge in [-0.3, -0.25) is 4.79 Å². The number of hydrogen-bond acceptors (Lipinski definition) is 5. The Bertz CT molecular complexity index is 843. The topological polar surface area (TPSA) is 73.9 Å². The molecule has 1 aliphatic carbocycles. The number of hydrogen-bond donors (Lipinski definition) is 1. The van der Waals surface area contributed by atoms with Gasteiger partial charge in [-0.05, 0) is 75.9 Å². The second-order valence-corrected chi connectivity index (χ2v) is 7.36. The molecule has 0 aromatic heterocycles. The van der Waals surface area contributed by atoms with Crippen LogP contribution >= 0.6 is 0 Å². The summed E-state index contributed by atoms with van der Waals surface area (Å²) in [6.07, 6.45) is 4.56. The van der Waals surface area contributed by atoms with Gasteiger partial charge in [0.15, 0.2) is 6.10 Å². The molecule has 6 heteroatoms. The van der Waals surface area contributed by atoms with Crippen LogP contribution < -0.4 is 14.8 Å². The van der Waals surface area contributed by atoms with E-state index in [-0.39, 0.29) is 18.0 Å². The first-order valence-corrected chi connectivity index (χ1v) is 10.6. The van der Waals surface area contributed by atoms with Crippen molar-refractivity contribution in [3.8, 4) is 11.5 Å². The molecule has 0 heterocycles. The van der Waals surface area contributed by atoms with Crippen molar-refractivity contribution < 1.29 is 23.8 Å². The molecule has 0 saturated heterocycles. The maximum Gasteiger partial charge on any atom is 0.347 e. The van der Waals surface area contributed by atoms with Crippen molar-refractivity contribution in [3.63, 3.8) is 0 Å². The highest BCUT2D eigenvalue weighted by Gasteiger charge is 2.23. The van der Waals surface area contributed by atoms with Gasteiger partial charge < -0.3 is 19.5 Å². The summed E-state index contributed by atoms with van der Waals surface area (Å²) in [4.78, 5) is 24.8. The van der Waals surface area contributed by atoms with E-state index in [2.05, 4.69) is 5.32 Å². The number of nitrogens with one attached hydrogen (secondary N) is 1. The lowest BCUT2D eigenvalue weighted by molar-refractivity contribution is -0.158. The van der Waals surface area contributed by atoms with Gasteiger partial charge in [-0.15, -0.1) is 0 Å². The summed E-state index contributed by atoms with van der Waals surface area (Å²) >= 11 is 0. The monoisotopic (exact) mass is 411 g/mol. The van der Waals surface area contributed by atoms with Crippen LogP contribution in [0.25, 0.3) is 0 Å². The smallest absolute Gasteiger partial charge is 0.347 e. The average molecular weight is 411 g/mol. The molecule has 1 fully saturated rings. The maximum absolute atomic E-state index is 12.6. The summed E-state index contributed by atoms with van der Waals surface area (Å²) in [6, 6.07) is 14.0. The molecular formula is C24H29NO5. The molecule has 2 aromatic rings. The zero-order valence-corrected chi connectivity index (χ0v) is 17.6. The Morgan fingerprint density at radius 1 is 1.03 bits per heavy atom. The quantitative estimate of drug-likeness (QED) is 0.620. The van der Waals surface area contributed by atoms with E-state index in [0.717, 1.165) is 25.7 Å². The number of para-hydroxylation sites is 2. The van der Waals surface area contributed by atoms with E-state index in [0.29, 0.717) is 29.4 Å². The van der Waals surface area contributed by atoms with Crippen molar-refractivity contribution in [1.82, 2.24) is 0 Å². The van der Waals surface area contributed by atoms with Gasteiger partial charge in [0, 0.05) is 5.56 Å². The summed E-state index contributed by atoms with van der Waals surface area (Å²) in [6.45, 7) is 4.08. The first kappa shape index (κ1) is 21.7. The Morgan fingerprint density at radius 2 is 1.73 bits per heavy atom.